The monoisotopic (exact) mass is 238 g/mol. The number of nitrogens with one attached hydrogen (secondary N) is 1. The van der Waals surface area contributed by atoms with E-state index in [4.69, 9.17) is 0 Å². The molecule has 2 aromatic rings. The Morgan fingerprint density at radius 3 is 3.08 bits per heavy atom. The Labute approximate surface area is 85.5 Å². The number of nitrogens with zero attached hydrogens (tertiary/aromatic N) is 1. The van der Waals surface area contributed by atoms with Gasteiger partial charge in [-0.1, -0.05) is 19.4 Å². The van der Waals surface area contributed by atoms with Crippen molar-refractivity contribution in [1.29, 1.82) is 0 Å². The summed E-state index contributed by atoms with van der Waals surface area (Å²) in [6.07, 6.45) is 2.31. The number of rotatable bonds is 2. The highest BCUT2D eigenvalue weighted by molar-refractivity contribution is 9.10. The van der Waals surface area contributed by atoms with Gasteiger partial charge in [0.15, 0.2) is 0 Å². The second-order valence-electron chi connectivity index (χ2n) is 3.14. The van der Waals surface area contributed by atoms with Crippen molar-refractivity contribution in [2.45, 2.75) is 19.8 Å². The summed E-state index contributed by atoms with van der Waals surface area (Å²) in [6, 6.07) is 6.38. The second kappa shape index (κ2) is 3.50. The topological polar surface area (TPSA) is 28.7 Å². The molecule has 1 aromatic carbocycles. The quantitative estimate of drug-likeness (QED) is 0.855. The maximum atomic E-state index is 4.15. The van der Waals surface area contributed by atoms with Crippen LogP contribution >= 0.6 is 15.9 Å². The Morgan fingerprint density at radius 1 is 1.46 bits per heavy atom. The van der Waals surface area contributed by atoms with Crippen molar-refractivity contribution in [3.8, 4) is 0 Å². The number of H-pyrrole nitrogens is 1. The molecule has 0 spiro atoms. The number of benzene rings is 1. The average Bonchev–Trinajstić information content (AvgIpc) is 2.49. The minimum Gasteiger partial charge on any atom is -0.270 e. The zero-order valence-electron chi connectivity index (χ0n) is 7.47. The maximum absolute atomic E-state index is 4.15. The van der Waals surface area contributed by atoms with Crippen LogP contribution in [0.2, 0.25) is 0 Å². The predicted molar refractivity (Wildman–Crippen MR) is 57.8 cm³/mol. The standard InChI is InChI=1S/C10H11BrN2/c1-2-3-7-4-5-9-8(6-7)10(11)13-12-9/h4-6H,2-3H2,1H3,(H,12,13). The van der Waals surface area contributed by atoms with Crippen LogP contribution in [0.25, 0.3) is 10.9 Å². The summed E-state index contributed by atoms with van der Waals surface area (Å²) in [5, 5.41) is 8.23. The minimum absolute atomic E-state index is 0.973. The molecule has 0 unspecified atom stereocenters. The lowest BCUT2D eigenvalue weighted by molar-refractivity contribution is 0.923. The number of hydrogen-bond acceptors (Lipinski definition) is 1. The van der Waals surface area contributed by atoms with Crippen LogP contribution in [0.5, 0.6) is 0 Å². The largest absolute Gasteiger partial charge is 0.270 e. The smallest absolute Gasteiger partial charge is 0.108 e. The molecule has 68 valence electrons. The van der Waals surface area contributed by atoms with Gasteiger partial charge in [-0.3, -0.25) is 5.10 Å². The van der Waals surface area contributed by atoms with Crippen LogP contribution in [0, 0.1) is 0 Å². The normalized spacial score (nSPS) is 10.9. The molecule has 0 aliphatic heterocycles. The first kappa shape index (κ1) is 8.75. The molecule has 1 aromatic heterocycles. The van der Waals surface area contributed by atoms with Crippen LogP contribution in [0.15, 0.2) is 22.8 Å². The van der Waals surface area contributed by atoms with Crippen molar-refractivity contribution in [2.24, 2.45) is 0 Å². The van der Waals surface area contributed by atoms with E-state index < -0.39 is 0 Å². The Balaban J connectivity index is 2.53. The van der Waals surface area contributed by atoms with Gasteiger partial charge in [0.2, 0.25) is 0 Å². The van der Waals surface area contributed by atoms with E-state index in [1.165, 1.54) is 17.4 Å². The lowest BCUT2D eigenvalue weighted by Gasteiger charge is -1.97. The number of aromatic nitrogens is 2. The van der Waals surface area contributed by atoms with Gasteiger partial charge in [0.1, 0.15) is 4.60 Å². The van der Waals surface area contributed by atoms with Crippen molar-refractivity contribution < 1.29 is 0 Å². The van der Waals surface area contributed by atoms with Gasteiger partial charge in [-0.25, -0.2) is 0 Å². The van der Waals surface area contributed by atoms with E-state index in [1.54, 1.807) is 0 Å². The zero-order chi connectivity index (χ0) is 9.26. The Morgan fingerprint density at radius 2 is 2.31 bits per heavy atom. The molecule has 0 saturated heterocycles. The molecule has 0 aliphatic carbocycles. The van der Waals surface area contributed by atoms with Crippen molar-refractivity contribution in [2.75, 3.05) is 0 Å². The molecule has 0 atom stereocenters. The lowest BCUT2D eigenvalue weighted by Crippen LogP contribution is -1.81. The Bertz CT molecular complexity index is 420. The van der Waals surface area contributed by atoms with Crippen LogP contribution in [0.4, 0.5) is 0 Å². The summed E-state index contributed by atoms with van der Waals surface area (Å²) >= 11 is 3.43. The number of halogens is 1. The predicted octanol–water partition coefficient (Wildman–Crippen LogP) is 3.28. The number of aromatic amines is 1. The zero-order valence-corrected chi connectivity index (χ0v) is 9.06. The van der Waals surface area contributed by atoms with Gasteiger partial charge >= 0.3 is 0 Å². The fraction of sp³-hybridized carbons (Fsp3) is 0.300. The van der Waals surface area contributed by atoms with Crippen molar-refractivity contribution in [3.63, 3.8) is 0 Å². The third-order valence-corrected chi connectivity index (χ3v) is 2.72. The van der Waals surface area contributed by atoms with Crippen molar-refractivity contribution in [1.82, 2.24) is 10.2 Å². The molecule has 0 fully saturated rings. The fourth-order valence-corrected chi connectivity index (χ4v) is 1.88. The van der Waals surface area contributed by atoms with Gasteiger partial charge < -0.3 is 0 Å². The highest BCUT2D eigenvalue weighted by atomic mass is 79.9. The first-order chi connectivity index (χ1) is 6.31. The van der Waals surface area contributed by atoms with Gasteiger partial charge in [-0.2, -0.15) is 5.10 Å². The summed E-state index contributed by atoms with van der Waals surface area (Å²) in [6.45, 7) is 2.19. The van der Waals surface area contributed by atoms with Crippen LogP contribution in [0.3, 0.4) is 0 Å². The van der Waals surface area contributed by atoms with E-state index in [0.29, 0.717) is 0 Å². The molecule has 0 saturated carbocycles. The molecule has 2 rings (SSSR count). The first-order valence-corrected chi connectivity index (χ1v) is 5.23. The minimum atomic E-state index is 0.973. The van der Waals surface area contributed by atoms with Crippen molar-refractivity contribution in [3.05, 3.63) is 28.4 Å². The third kappa shape index (κ3) is 1.61. The SMILES string of the molecule is CCCc1ccc2n[nH]c(Br)c2c1. The fourth-order valence-electron chi connectivity index (χ4n) is 1.47. The molecular weight excluding hydrogens is 228 g/mol. The van der Waals surface area contributed by atoms with Crippen molar-refractivity contribution >= 4 is 26.8 Å². The number of fused-ring (bicyclic) bond motifs is 1. The van der Waals surface area contributed by atoms with Crippen LogP contribution < -0.4 is 0 Å². The average molecular weight is 239 g/mol. The Hall–Kier alpha value is -0.830. The van der Waals surface area contributed by atoms with Gasteiger partial charge in [-0.05, 0) is 40.0 Å². The van der Waals surface area contributed by atoms with Gasteiger partial charge in [-0.15, -0.1) is 0 Å². The van der Waals surface area contributed by atoms with E-state index in [0.717, 1.165) is 16.5 Å². The van der Waals surface area contributed by atoms with Crippen LogP contribution in [-0.4, -0.2) is 10.2 Å². The van der Waals surface area contributed by atoms with E-state index in [2.05, 4.69) is 51.3 Å². The third-order valence-electron chi connectivity index (χ3n) is 2.11. The van der Waals surface area contributed by atoms with E-state index >= 15 is 0 Å². The first-order valence-electron chi connectivity index (χ1n) is 4.43. The van der Waals surface area contributed by atoms with E-state index in [-0.39, 0.29) is 0 Å². The second-order valence-corrected chi connectivity index (χ2v) is 3.93. The Kier molecular flexibility index (Phi) is 2.36. The summed E-state index contributed by atoms with van der Waals surface area (Å²) in [7, 11) is 0. The number of hydrogen-bond donors (Lipinski definition) is 1. The molecule has 13 heavy (non-hydrogen) atoms. The molecule has 0 bridgehead atoms. The van der Waals surface area contributed by atoms with Gasteiger partial charge in [0, 0.05) is 5.39 Å². The molecule has 0 radical (unpaired) electrons. The van der Waals surface area contributed by atoms with Gasteiger partial charge in [0.25, 0.3) is 0 Å². The molecule has 1 N–H and O–H groups in total. The van der Waals surface area contributed by atoms with E-state index in [1.807, 2.05) is 0 Å². The molecule has 2 nitrogen and oxygen atoms in total. The van der Waals surface area contributed by atoms with E-state index in [9.17, 15) is 0 Å². The van der Waals surface area contributed by atoms with Crippen LogP contribution in [0.1, 0.15) is 18.9 Å². The molecule has 0 amide bonds. The maximum Gasteiger partial charge on any atom is 0.108 e. The summed E-state index contributed by atoms with van der Waals surface area (Å²) in [4.78, 5) is 0. The molecule has 1 heterocycles. The summed E-state index contributed by atoms with van der Waals surface area (Å²) < 4.78 is 0.973. The number of aryl methyl sites for hydroxylation is 1. The molecule has 0 aliphatic rings. The highest BCUT2D eigenvalue weighted by Gasteiger charge is 2.02. The van der Waals surface area contributed by atoms with Crippen LogP contribution in [-0.2, 0) is 6.42 Å². The molecular formula is C10H11BrN2. The van der Waals surface area contributed by atoms with Gasteiger partial charge in [0.05, 0.1) is 5.52 Å². The summed E-state index contributed by atoms with van der Waals surface area (Å²) in [5.74, 6) is 0. The lowest BCUT2D eigenvalue weighted by atomic mass is 10.1. The highest BCUT2D eigenvalue weighted by Crippen LogP contribution is 2.22. The molecule has 3 heteroatoms. The summed E-state index contributed by atoms with van der Waals surface area (Å²) in [5.41, 5.74) is 2.39.